The van der Waals surface area contributed by atoms with Crippen molar-refractivity contribution in [2.45, 2.75) is 70.8 Å². The lowest BCUT2D eigenvalue weighted by Gasteiger charge is -2.29. The number of rotatable bonds is 9. The van der Waals surface area contributed by atoms with Crippen LogP contribution in [0.15, 0.2) is 6.33 Å². The number of ether oxygens (including phenoxy) is 3. The van der Waals surface area contributed by atoms with Gasteiger partial charge in [0.2, 0.25) is 5.95 Å². The number of nitrogens with one attached hydrogen (secondary N) is 1. The number of anilines is 2. The summed E-state index contributed by atoms with van der Waals surface area (Å²) < 4.78 is 34.6. The fourth-order valence-corrected chi connectivity index (χ4v) is 3.82. The van der Waals surface area contributed by atoms with Gasteiger partial charge in [-0.25, -0.2) is 9.37 Å². The van der Waals surface area contributed by atoms with Crippen molar-refractivity contribution in [1.29, 1.82) is 0 Å². The van der Waals surface area contributed by atoms with Gasteiger partial charge in [-0.1, -0.05) is 27.7 Å². The maximum absolute atomic E-state index is 16.5. The highest BCUT2D eigenvalue weighted by atomic mass is 19.1. The first kappa shape index (κ1) is 27.5. The van der Waals surface area contributed by atoms with Crippen LogP contribution in [0.1, 0.15) is 40.8 Å². The van der Waals surface area contributed by atoms with E-state index in [1.807, 2.05) is 0 Å². The van der Waals surface area contributed by atoms with Crippen LogP contribution in [0.3, 0.4) is 0 Å². The number of nitrogens with zero attached hydrogens (tertiary/aromatic N) is 4. The largest absolute Gasteiger partial charge is 0.462 e. The molecule has 3 heterocycles. The molecule has 1 saturated heterocycles. The summed E-state index contributed by atoms with van der Waals surface area (Å²) in [6, 6.07) is -1.87. The standard InChI is InChI=1S/C22H35FN8O5/c1-9(2)12(24)18(32)34-7-11-15(36-19(33)13(25)10(3)4)22(5,23)20(35-11)31-8-28-14-16(27-6)29-21(26)30-17(14)31/h8-13,15,20H,7,24-25H2,1-6H3,(H3,26,27,29,30)/t11-,12+,13+,15-,20-,22-/m1/s1. The van der Waals surface area contributed by atoms with Crippen molar-refractivity contribution in [2.75, 3.05) is 24.7 Å². The first-order chi connectivity index (χ1) is 16.8. The summed E-state index contributed by atoms with van der Waals surface area (Å²) in [4.78, 5) is 37.5. The summed E-state index contributed by atoms with van der Waals surface area (Å²) in [6.07, 6.45) is -2.68. The zero-order chi connectivity index (χ0) is 26.9. The average Bonchev–Trinajstić information content (AvgIpc) is 3.33. The van der Waals surface area contributed by atoms with Crippen molar-refractivity contribution < 1.29 is 28.2 Å². The third kappa shape index (κ3) is 5.20. The van der Waals surface area contributed by atoms with Crippen molar-refractivity contribution in [3.8, 4) is 0 Å². The molecule has 6 atom stereocenters. The SMILES string of the molecule is CNc1nc(N)nc2c1ncn2[C@@H]1O[C@H](COC(=O)[C@@H](N)C(C)C)[C@@H](OC(=O)[C@@H](N)C(C)C)[C@@]1(C)F. The third-order valence-corrected chi connectivity index (χ3v) is 6.22. The molecule has 0 aliphatic carbocycles. The van der Waals surface area contributed by atoms with Gasteiger partial charge >= 0.3 is 11.9 Å². The van der Waals surface area contributed by atoms with E-state index in [4.69, 9.17) is 31.4 Å². The van der Waals surface area contributed by atoms with Crippen LogP contribution in [0.25, 0.3) is 11.2 Å². The maximum Gasteiger partial charge on any atom is 0.323 e. The summed E-state index contributed by atoms with van der Waals surface area (Å²) in [5, 5.41) is 2.86. The molecular weight excluding hydrogens is 475 g/mol. The molecule has 0 saturated carbocycles. The fourth-order valence-electron chi connectivity index (χ4n) is 3.82. The summed E-state index contributed by atoms with van der Waals surface area (Å²) in [5.74, 6) is -1.64. The Kier molecular flexibility index (Phi) is 8.00. The first-order valence-corrected chi connectivity index (χ1v) is 11.7. The zero-order valence-electron chi connectivity index (χ0n) is 21.3. The van der Waals surface area contributed by atoms with Crippen LogP contribution in [-0.2, 0) is 23.8 Å². The molecule has 1 aliphatic heterocycles. The molecule has 2 aromatic heterocycles. The topological polar surface area (TPSA) is 196 Å². The molecule has 3 rings (SSSR count). The quantitative estimate of drug-likeness (QED) is 0.341. The highest BCUT2D eigenvalue weighted by molar-refractivity contribution is 5.84. The van der Waals surface area contributed by atoms with Crippen LogP contribution in [0.4, 0.5) is 16.2 Å². The Morgan fingerprint density at radius 2 is 1.81 bits per heavy atom. The smallest absolute Gasteiger partial charge is 0.323 e. The highest BCUT2D eigenvalue weighted by Crippen LogP contribution is 2.44. The van der Waals surface area contributed by atoms with Crippen LogP contribution in [-0.4, -0.2) is 75.1 Å². The Hall–Kier alpha value is -3.10. The number of aromatic nitrogens is 4. The van der Waals surface area contributed by atoms with Gasteiger partial charge in [0.05, 0.1) is 6.33 Å². The number of halogens is 1. The van der Waals surface area contributed by atoms with E-state index in [2.05, 4.69) is 20.3 Å². The minimum Gasteiger partial charge on any atom is -0.462 e. The second-order valence-corrected chi connectivity index (χ2v) is 9.71. The van der Waals surface area contributed by atoms with E-state index in [9.17, 15) is 9.59 Å². The average molecular weight is 511 g/mol. The van der Waals surface area contributed by atoms with E-state index < -0.39 is 54.7 Å². The molecule has 1 aliphatic rings. The van der Waals surface area contributed by atoms with E-state index in [1.54, 1.807) is 34.7 Å². The molecule has 0 bridgehead atoms. The van der Waals surface area contributed by atoms with Crippen LogP contribution in [0.2, 0.25) is 0 Å². The molecule has 36 heavy (non-hydrogen) atoms. The fraction of sp³-hybridized carbons (Fsp3) is 0.682. The molecular formula is C22H35FN8O5. The number of esters is 2. The van der Waals surface area contributed by atoms with Gasteiger partial charge in [0, 0.05) is 7.05 Å². The number of nitrogen functional groups attached to an aromatic ring is 1. The van der Waals surface area contributed by atoms with E-state index in [0.29, 0.717) is 11.3 Å². The van der Waals surface area contributed by atoms with Gasteiger partial charge in [0.15, 0.2) is 35.0 Å². The zero-order valence-corrected chi connectivity index (χ0v) is 21.3. The third-order valence-electron chi connectivity index (χ3n) is 6.22. The van der Waals surface area contributed by atoms with Crippen molar-refractivity contribution in [3.05, 3.63) is 6.33 Å². The lowest BCUT2D eigenvalue weighted by molar-refractivity contribution is -0.164. The van der Waals surface area contributed by atoms with Gasteiger partial charge in [-0.15, -0.1) is 0 Å². The number of nitrogens with two attached hydrogens (primary N) is 3. The summed E-state index contributed by atoms with van der Waals surface area (Å²) >= 11 is 0. The molecule has 2 aromatic rings. The van der Waals surface area contributed by atoms with E-state index >= 15 is 4.39 Å². The number of carbonyl (C=O) groups is 2. The van der Waals surface area contributed by atoms with Crippen molar-refractivity contribution in [2.24, 2.45) is 23.3 Å². The van der Waals surface area contributed by atoms with Crippen LogP contribution in [0, 0.1) is 11.8 Å². The lowest BCUT2D eigenvalue weighted by Crippen LogP contribution is -2.48. The van der Waals surface area contributed by atoms with Gasteiger partial charge in [0.1, 0.15) is 24.8 Å². The molecule has 0 amide bonds. The lowest BCUT2D eigenvalue weighted by atomic mass is 9.97. The Bertz CT molecular complexity index is 1110. The van der Waals surface area contributed by atoms with E-state index in [1.165, 1.54) is 17.8 Å². The maximum atomic E-state index is 16.5. The van der Waals surface area contributed by atoms with Crippen molar-refractivity contribution in [3.63, 3.8) is 0 Å². The Balaban J connectivity index is 1.97. The predicted octanol–water partition coefficient (Wildman–Crippen LogP) is 0.497. The molecule has 7 N–H and O–H groups in total. The van der Waals surface area contributed by atoms with Crippen molar-refractivity contribution in [1.82, 2.24) is 19.5 Å². The van der Waals surface area contributed by atoms with Gasteiger partial charge in [-0.3, -0.25) is 14.2 Å². The molecule has 0 aromatic carbocycles. The normalized spacial score (nSPS) is 25.8. The highest BCUT2D eigenvalue weighted by Gasteiger charge is 2.59. The second-order valence-electron chi connectivity index (χ2n) is 9.71. The minimum atomic E-state index is -2.31. The Labute approximate surface area is 208 Å². The van der Waals surface area contributed by atoms with Crippen LogP contribution in [0.5, 0.6) is 0 Å². The number of imidazole rings is 1. The molecule has 200 valence electrons. The number of carbonyl (C=O) groups excluding carboxylic acids is 2. The minimum absolute atomic E-state index is 0.0637. The summed E-state index contributed by atoms with van der Waals surface area (Å²) in [7, 11) is 1.63. The predicted molar refractivity (Wildman–Crippen MR) is 129 cm³/mol. The van der Waals surface area contributed by atoms with Gasteiger partial charge in [0.25, 0.3) is 0 Å². The number of hydrogen-bond donors (Lipinski definition) is 4. The second kappa shape index (κ2) is 10.5. The number of hydrogen-bond acceptors (Lipinski definition) is 12. The molecule has 14 heteroatoms. The van der Waals surface area contributed by atoms with Crippen molar-refractivity contribution >= 4 is 34.9 Å². The monoisotopic (exact) mass is 510 g/mol. The van der Waals surface area contributed by atoms with E-state index in [-0.39, 0.29) is 23.4 Å². The van der Waals surface area contributed by atoms with Crippen LogP contribution >= 0.6 is 0 Å². The molecule has 13 nitrogen and oxygen atoms in total. The van der Waals surface area contributed by atoms with Crippen LogP contribution < -0.4 is 22.5 Å². The van der Waals surface area contributed by atoms with Gasteiger partial charge in [-0.2, -0.15) is 9.97 Å². The molecule has 0 spiro atoms. The number of alkyl halides is 1. The summed E-state index contributed by atoms with van der Waals surface area (Å²) in [6.45, 7) is 7.82. The van der Waals surface area contributed by atoms with Gasteiger partial charge < -0.3 is 36.7 Å². The Morgan fingerprint density at radius 3 is 2.39 bits per heavy atom. The Morgan fingerprint density at radius 1 is 1.19 bits per heavy atom. The molecule has 1 fully saturated rings. The van der Waals surface area contributed by atoms with Gasteiger partial charge in [-0.05, 0) is 18.8 Å². The van der Waals surface area contributed by atoms with E-state index in [0.717, 1.165) is 0 Å². The summed E-state index contributed by atoms with van der Waals surface area (Å²) in [5.41, 5.74) is 15.8. The molecule has 0 unspecified atom stereocenters. The molecule has 0 radical (unpaired) electrons. The first-order valence-electron chi connectivity index (χ1n) is 11.7. The number of fused-ring (bicyclic) bond motifs is 1.